The van der Waals surface area contributed by atoms with Crippen molar-refractivity contribution in [3.8, 4) is 0 Å². The molecule has 0 aliphatic carbocycles. The van der Waals surface area contributed by atoms with Gasteiger partial charge in [-0.15, -0.1) is 0 Å². The maximum atomic E-state index is 12.8. The van der Waals surface area contributed by atoms with Crippen LogP contribution in [0.1, 0.15) is 70.4 Å². The lowest BCUT2D eigenvalue weighted by Gasteiger charge is -2.36. The van der Waals surface area contributed by atoms with E-state index in [4.69, 9.17) is 0 Å². The van der Waals surface area contributed by atoms with Gasteiger partial charge >= 0.3 is 0 Å². The van der Waals surface area contributed by atoms with Crippen molar-refractivity contribution in [3.05, 3.63) is 35.4 Å². The van der Waals surface area contributed by atoms with Gasteiger partial charge in [-0.3, -0.25) is 4.79 Å². The largest absolute Gasteiger partial charge is 0.339 e. The maximum Gasteiger partial charge on any atom is 0.240 e. The van der Waals surface area contributed by atoms with E-state index >= 15 is 0 Å². The van der Waals surface area contributed by atoms with E-state index < -0.39 is 15.1 Å². The molecule has 1 heterocycles. The monoisotopic (exact) mass is 365 g/mol. The van der Waals surface area contributed by atoms with Gasteiger partial charge in [-0.2, -0.15) is 0 Å². The molecular formula is C20H31NO3S. The number of rotatable bonds is 6. The predicted octanol–water partition coefficient (Wildman–Crippen LogP) is 3.90. The van der Waals surface area contributed by atoms with Gasteiger partial charge in [0.25, 0.3) is 0 Å². The second-order valence-corrected chi connectivity index (χ2v) is 9.76. The van der Waals surface area contributed by atoms with Crippen molar-refractivity contribution >= 4 is 15.7 Å². The zero-order valence-corrected chi connectivity index (χ0v) is 16.7. The first kappa shape index (κ1) is 20.0. The lowest BCUT2D eigenvalue weighted by atomic mass is 10.00. The number of piperidine rings is 1. The first-order valence-corrected chi connectivity index (χ1v) is 11.1. The van der Waals surface area contributed by atoms with Gasteiger partial charge in [0, 0.05) is 12.6 Å². The topological polar surface area (TPSA) is 54.5 Å². The molecule has 4 nitrogen and oxygen atoms in total. The van der Waals surface area contributed by atoms with Crippen LogP contribution in [0.3, 0.4) is 0 Å². The van der Waals surface area contributed by atoms with Gasteiger partial charge in [-0.05, 0) is 49.7 Å². The number of benzene rings is 1. The van der Waals surface area contributed by atoms with E-state index in [0.29, 0.717) is 12.5 Å². The summed E-state index contributed by atoms with van der Waals surface area (Å²) in [6, 6.07) is 7.85. The first-order chi connectivity index (χ1) is 11.8. The highest BCUT2D eigenvalue weighted by atomic mass is 32.2. The van der Waals surface area contributed by atoms with Crippen molar-refractivity contribution in [2.75, 3.05) is 6.54 Å². The summed E-state index contributed by atoms with van der Waals surface area (Å²) in [5.41, 5.74) is 1.93. The molecule has 0 bridgehead atoms. The van der Waals surface area contributed by atoms with Crippen molar-refractivity contribution in [2.24, 2.45) is 0 Å². The van der Waals surface area contributed by atoms with Gasteiger partial charge in [-0.1, -0.05) is 45.0 Å². The van der Waals surface area contributed by atoms with Crippen LogP contribution in [-0.4, -0.2) is 37.1 Å². The minimum atomic E-state index is -3.52. The Morgan fingerprint density at radius 1 is 1.16 bits per heavy atom. The molecule has 25 heavy (non-hydrogen) atoms. The molecule has 1 aliphatic heterocycles. The molecule has 1 aromatic rings. The Bertz CT molecular complexity index is 679. The molecule has 0 saturated carbocycles. The predicted molar refractivity (Wildman–Crippen MR) is 102 cm³/mol. The standard InChI is InChI=1S/C20H31NO3S/c1-5-19-8-6-7-13-21(19)20(22)16(4)25(23,24)14-17-9-11-18(12-10-17)15(2)3/h9-12,15-16,19H,5-8,13-14H2,1-4H3. The summed E-state index contributed by atoms with van der Waals surface area (Å²) in [5.74, 6) is 0.102. The van der Waals surface area contributed by atoms with E-state index in [1.165, 1.54) is 5.56 Å². The van der Waals surface area contributed by atoms with Crippen LogP contribution in [0.2, 0.25) is 0 Å². The molecule has 0 spiro atoms. The van der Waals surface area contributed by atoms with E-state index in [0.717, 1.165) is 31.2 Å². The van der Waals surface area contributed by atoms with Crippen LogP contribution in [0.5, 0.6) is 0 Å². The number of carbonyl (C=O) groups excluding carboxylic acids is 1. The molecule has 1 aromatic carbocycles. The molecule has 140 valence electrons. The molecule has 0 radical (unpaired) electrons. The summed E-state index contributed by atoms with van der Waals surface area (Å²) in [4.78, 5) is 14.6. The summed E-state index contributed by atoms with van der Waals surface area (Å²) >= 11 is 0. The normalized spacial score (nSPS) is 19.9. The fourth-order valence-corrected chi connectivity index (χ4v) is 4.81. The summed E-state index contributed by atoms with van der Waals surface area (Å²) in [6.07, 6.45) is 3.94. The Hall–Kier alpha value is -1.36. The molecule has 2 unspecified atom stereocenters. The SMILES string of the molecule is CCC1CCCCN1C(=O)C(C)S(=O)(=O)Cc1ccc(C(C)C)cc1. The van der Waals surface area contributed by atoms with E-state index in [9.17, 15) is 13.2 Å². The number of carbonyl (C=O) groups is 1. The third kappa shape index (κ3) is 4.84. The lowest BCUT2D eigenvalue weighted by molar-refractivity contribution is -0.134. The number of nitrogens with zero attached hydrogens (tertiary/aromatic N) is 1. The van der Waals surface area contributed by atoms with Crippen LogP contribution in [0, 0.1) is 0 Å². The Morgan fingerprint density at radius 3 is 2.36 bits per heavy atom. The van der Waals surface area contributed by atoms with E-state index in [1.807, 2.05) is 24.3 Å². The molecule has 5 heteroatoms. The highest BCUT2D eigenvalue weighted by Gasteiger charge is 2.35. The van der Waals surface area contributed by atoms with Crippen LogP contribution in [-0.2, 0) is 20.4 Å². The third-order valence-electron chi connectivity index (χ3n) is 5.28. The third-order valence-corrected chi connectivity index (χ3v) is 7.30. The number of hydrogen-bond acceptors (Lipinski definition) is 3. The van der Waals surface area contributed by atoms with Crippen molar-refractivity contribution in [3.63, 3.8) is 0 Å². The van der Waals surface area contributed by atoms with Gasteiger partial charge in [0.2, 0.25) is 5.91 Å². The minimum absolute atomic E-state index is 0.0804. The summed E-state index contributed by atoms with van der Waals surface area (Å²) < 4.78 is 25.5. The number of sulfone groups is 1. The summed E-state index contributed by atoms with van der Waals surface area (Å²) in [5, 5.41) is -0.982. The van der Waals surface area contributed by atoms with Gasteiger partial charge in [0.1, 0.15) is 5.25 Å². The molecule has 2 atom stereocenters. The highest BCUT2D eigenvalue weighted by Crippen LogP contribution is 2.23. The summed E-state index contributed by atoms with van der Waals surface area (Å²) in [6.45, 7) is 8.50. The van der Waals surface area contributed by atoms with Crippen molar-refractivity contribution in [1.29, 1.82) is 0 Å². The van der Waals surface area contributed by atoms with Gasteiger partial charge in [-0.25, -0.2) is 8.42 Å². The van der Waals surface area contributed by atoms with Gasteiger partial charge in [0.15, 0.2) is 9.84 Å². The Kier molecular flexibility index (Phi) is 6.66. The number of hydrogen-bond donors (Lipinski definition) is 0. The van der Waals surface area contributed by atoms with E-state index in [2.05, 4.69) is 20.8 Å². The fraction of sp³-hybridized carbons (Fsp3) is 0.650. The fourth-order valence-electron chi connectivity index (χ4n) is 3.46. The molecule has 1 aliphatic rings. The average Bonchev–Trinajstić information content (AvgIpc) is 2.60. The van der Waals surface area contributed by atoms with Crippen LogP contribution in [0.15, 0.2) is 24.3 Å². The van der Waals surface area contributed by atoms with E-state index in [-0.39, 0.29) is 17.7 Å². The van der Waals surface area contributed by atoms with Crippen molar-refractivity contribution < 1.29 is 13.2 Å². The van der Waals surface area contributed by atoms with Crippen molar-refractivity contribution in [1.82, 2.24) is 4.90 Å². The van der Waals surface area contributed by atoms with E-state index in [1.54, 1.807) is 11.8 Å². The van der Waals surface area contributed by atoms with Crippen LogP contribution in [0.4, 0.5) is 0 Å². The second kappa shape index (κ2) is 8.35. The Labute approximate surface area is 152 Å². The van der Waals surface area contributed by atoms with Gasteiger partial charge in [0.05, 0.1) is 5.75 Å². The second-order valence-electron chi connectivity index (χ2n) is 7.44. The lowest BCUT2D eigenvalue weighted by Crippen LogP contribution is -2.49. The average molecular weight is 366 g/mol. The first-order valence-electron chi connectivity index (χ1n) is 9.37. The number of amides is 1. The minimum Gasteiger partial charge on any atom is -0.339 e. The zero-order chi connectivity index (χ0) is 18.6. The van der Waals surface area contributed by atoms with Crippen LogP contribution in [0.25, 0.3) is 0 Å². The molecular weight excluding hydrogens is 334 g/mol. The van der Waals surface area contributed by atoms with Gasteiger partial charge < -0.3 is 4.90 Å². The van der Waals surface area contributed by atoms with Crippen LogP contribution < -0.4 is 0 Å². The molecule has 0 N–H and O–H groups in total. The highest BCUT2D eigenvalue weighted by molar-refractivity contribution is 7.92. The molecule has 1 saturated heterocycles. The van der Waals surface area contributed by atoms with Crippen LogP contribution >= 0.6 is 0 Å². The maximum absolute atomic E-state index is 12.8. The summed E-state index contributed by atoms with van der Waals surface area (Å²) in [7, 11) is -3.52. The molecule has 0 aromatic heterocycles. The Morgan fingerprint density at radius 2 is 1.80 bits per heavy atom. The molecule has 1 fully saturated rings. The quantitative estimate of drug-likeness (QED) is 0.768. The Balaban J connectivity index is 2.10. The van der Waals surface area contributed by atoms with Crippen molar-refractivity contribution in [2.45, 2.75) is 76.3 Å². The zero-order valence-electron chi connectivity index (χ0n) is 15.9. The smallest absolute Gasteiger partial charge is 0.240 e. The molecule has 2 rings (SSSR count). The molecule has 1 amide bonds. The number of likely N-dealkylation sites (tertiary alicyclic amines) is 1.